The van der Waals surface area contributed by atoms with Crippen LogP contribution in [-0.2, 0) is 6.54 Å². The highest BCUT2D eigenvalue weighted by Gasteiger charge is 2.04. The Morgan fingerprint density at radius 1 is 1.06 bits per heavy atom. The Kier molecular flexibility index (Phi) is 2.57. The van der Waals surface area contributed by atoms with Gasteiger partial charge in [-0.1, -0.05) is 52.7 Å². The second kappa shape index (κ2) is 4.37. The average Bonchev–Trinajstić information content (AvgIpc) is 2.82. The van der Waals surface area contributed by atoms with Crippen LogP contribution in [0.2, 0.25) is 0 Å². The maximum Gasteiger partial charge on any atom is 0.317 e. The summed E-state index contributed by atoms with van der Waals surface area (Å²) < 4.78 is 5.06. The van der Waals surface area contributed by atoms with E-state index < -0.39 is 0 Å². The van der Waals surface area contributed by atoms with Crippen LogP contribution in [-0.4, -0.2) is 10.2 Å². The van der Waals surface area contributed by atoms with Crippen LogP contribution in [0.1, 0.15) is 5.56 Å². The number of nitrogens with zero attached hydrogens (tertiary/aromatic N) is 2. The first kappa shape index (κ1) is 10.6. The first-order valence-electron chi connectivity index (χ1n) is 5.62. The number of aromatic nitrogens is 2. The Bertz CT molecular complexity index is 672. The lowest BCUT2D eigenvalue weighted by Gasteiger charge is -2.06. The Hall–Kier alpha value is -2.56. The van der Waals surface area contributed by atoms with Crippen molar-refractivity contribution in [3.63, 3.8) is 0 Å². The molecule has 0 unspecified atom stereocenters. The number of fused-ring (bicyclic) bond motifs is 1. The summed E-state index contributed by atoms with van der Waals surface area (Å²) in [4.78, 5) is 0. The van der Waals surface area contributed by atoms with Gasteiger partial charge < -0.3 is 15.5 Å². The molecule has 0 aliphatic rings. The molecule has 0 saturated carbocycles. The highest BCUT2D eigenvalue weighted by molar-refractivity contribution is 5.85. The fourth-order valence-corrected chi connectivity index (χ4v) is 1.92. The molecule has 18 heavy (non-hydrogen) atoms. The van der Waals surface area contributed by atoms with E-state index >= 15 is 0 Å². The maximum atomic E-state index is 5.36. The van der Waals surface area contributed by atoms with Gasteiger partial charge in [0.2, 0.25) is 0 Å². The van der Waals surface area contributed by atoms with Gasteiger partial charge in [-0.15, -0.1) is 0 Å². The van der Waals surface area contributed by atoms with Gasteiger partial charge >= 0.3 is 12.0 Å². The third-order valence-corrected chi connectivity index (χ3v) is 2.75. The lowest BCUT2D eigenvalue weighted by Crippen LogP contribution is -2.00. The lowest BCUT2D eigenvalue weighted by atomic mass is 10.0. The molecule has 3 rings (SSSR count). The first-order chi connectivity index (χ1) is 8.83. The summed E-state index contributed by atoms with van der Waals surface area (Å²) in [5.74, 6) is 0. The number of nitrogens with two attached hydrogens (primary N) is 1. The molecule has 0 spiro atoms. The first-order valence-corrected chi connectivity index (χ1v) is 5.62. The van der Waals surface area contributed by atoms with Crippen LogP contribution in [0.3, 0.4) is 0 Å². The monoisotopic (exact) mass is 240 g/mol. The van der Waals surface area contributed by atoms with E-state index in [0.29, 0.717) is 12.6 Å². The molecule has 0 aliphatic carbocycles. The van der Waals surface area contributed by atoms with Crippen molar-refractivity contribution in [2.45, 2.75) is 6.54 Å². The number of nitrogen functional groups attached to an aromatic ring is 1. The van der Waals surface area contributed by atoms with E-state index in [2.05, 4.69) is 39.8 Å². The zero-order valence-electron chi connectivity index (χ0n) is 9.63. The number of nitrogens with one attached hydrogen (secondary N) is 1. The fraction of sp³-hybridized carbons (Fsp3) is 0.0769. The second-order valence-electron chi connectivity index (χ2n) is 3.94. The Morgan fingerprint density at radius 2 is 1.89 bits per heavy atom. The number of hydrogen-bond acceptors (Lipinski definition) is 5. The molecule has 2 aromatic carbocycles. The molecule has 0 amide bonds. The van der Waals surface area contributed by atoms with Crippen LogP contribution < -0.4 is 11.1 Å². The smallest absolute Gasteiger partial charge is 0.317 e. The number of hydrogen-bond donors (Lipinski definition) is 2. The van der Waals surface area contributed by atoms with Gasteiger partial charge in [-0.2, -0.15) is 0 Å². The van der Waals surface area contributed by atoms with Crippen molar-refractivity contribution in [3.8, 4) is 0 Å². The summed E-state index contributed by atoms with van der Waals surface area (Å²) in [7, 11) is 0. The molecule has 3 N–H and O–H groups in total. The van der Waals surface area contributed by atoms with Crippen molar-refractivity contribution in [2.75, 3.05) is 11.1 Å². The second-order valence-corrected chi connectivity index (χ2v) is 3.94. The minimum atomic E-state index is 0.0652. The number of anilines is 2. The zero-order valence-corrected chi connectivity index (χ0v) is 9.63. The summed E-state index contributed by atoms with van der Waals surface area (Å²) in [6.45, 7) is 0.614. The molecule has 5 nitrogen and oxygen atoms in total. The zero-order chi connectivity index (χ0) is 12.4. The van der Waals surface area contributed by atoms with E-state index in [1.54, 1.807) is 0 Å². The SMILES string of the molecule is Nc1nnc(NCc2cccc3ccccc23)o1. The molecule has 5 heteroatoms. The molecule has 90 valence electrons. The van der Waals surface area contributed by atoms with Gasteiger partial charge in [-0.3, -0.25) is 0 Å². The van der Waals surface area contributed by atoms with E-state index in [9.17, 15) is 0 Å². The van der Waals surface area contributed by atoms with Crippen molar-refractivity contribution in [1.29, 1.82) is 0 Å². The molecule has 3 aromatic rings. The van der Waals surface area contributed by atoms with Crippen LogP contribution in [0.25, 0.3) is 10.8 Å². The maximum absolute atomic E-state index is 5.36. The Labute approximate surface area is 104 Å². The van der Waals surface area contributed by atoms with Gasteiger partial charge in [-0.25, -0.2) is 0 Å². The predicted octanol–water partition coefficient (Wildman–Crippen LogP) is 2.42. The number of rotatable bonds is 3. The van der Waals surface area contributed by atoms with Gasteiger partial charge in [0.05, 0.1) is 0 Å². The van der Waals surface area contributed by atoms with E-state index in [0.717, 1.165) is 0 Å². The van der Waals surface area contributed by atoms with Gasteiger partial charge in [0, 0.05) is 6.54 Å². The summed E-state index contributed by atoms with van der Waals surface area (Å²) >= 11 is 0. The van der Waals surface area contributed by atoms with E-state index in [1.165, 1.54) is 16.3 Å². The molecule has 0 aliphatic heterocycles. The highest BCUT2D eigenvalue weighted by Crippen LogP contribution is 2.19. The van der Waals surface area contributed by atoms with Crippen LogP contribution >= 0.6 is 0 Å². The molecule has 0 fully saturated rings. The minimum absolute atomic E-state index is 0.0652. The van der Waals surface area contributed by atoms with Crippen molar-refractivity contribution in [1.82, 2.24) is 10.2 Å². The summed E-state index contributed by atoms with van der Waals surface area (Å²) in [5.41, 5.74) is 6.53. The van der Waals surface area contributed by atoms with Gasteiger partial charge in [-0.05, 0) is 16.3 Å². The van der Waals surface area contributed by atoms with E-state index in [4.69, 9.17) is 10.2 Å². The van der Waals surface area contributed by atoms with Crippen molar-refractivity contribution >= 4 is 22.8 Å². The summed E-state index contributed by atoms with van der Waals surface area (Å²) in [6.07, 6.45) is 0. The van der Waals surface area contributed by atoms with Crippen molar-refractivity contribution in [3.05, 3.63) is 48.0 Å². The molecular weight excluding hydrogens is 228 g/mol. The normalized spacial score (nSPS) is 10.7. The summed E-state index contributed by atoms with van der Waals surface area (Å²) in [5, 5.41) is 12.8. The Balaban J connectivity index is 1.86. The molecule has 0 bridgehead atoms. The molecule has 1 heterocycles. The summed E-state index contributed by atoms with van der Waals surface area (Å²) in [6, 6.07) is 14.8. The lowest BCUT2D eigenvalue weighted by molar-refractivity contribution is 0.586. The largest absolute Gasteiger partial charge is 0.390 e. The van der Waals surface area contributed by atoms with Crippen LogP contribution in [0.15, 0.2) is 46.9 Å². The molecule has 1 aromatic heterocycles. The Morgan fingerprint density at radius 3 is 2.72 bits per heavy atom. The third-order valence-electron chi connectivity index (χ3n) is 2.75. The standard InChI is InChI=1S/C13H12N4O/c14-12-16-17-13(18-12)15-8-10-6-3-5-9-4-1-2-7-11(9)10/h1-7H,8H2,(H2,14,16)(H,15,17). The quantitative estimate of drug-likeness (QED) is 0.735. The minimum Gasteiger partial charge on any atom is -0.390 e. The molecule has 0 radical (unpaired) electrons. The van der Waals surface area contributed by atoms with E-state index in [1.807, 2.05) is 18.2 Å². The fourth-order valence-electron chi connectivity index (χ4n) is 1.92. The van der Waals surface area contributed by atoms with Crippen LogP contribution in [0.4, 0.5) is 12.0 Å². The molecule has 0 saturated heterocycles. The average molecular weight is 240 g/mol. The van der Waals surface area contributed by atoms with Crippen LogP contribution in [0.5, 0.6) is 0 Å². The van der Waals surface area contributed by atoms with E-state index in [-0.39, 0.29) is 6.01 Å². The van der Waals surface area contributed by atoms with Crippen molar-refractivity contribution < 1.29 is 4.42 Å². The predicted molar refractivity (Wildman–Crippen MR) is 70.0 cm³/mol. The van der Waals surface area contributed by atoms with Crippen LogP contribution in [0, 0.1) is 0 Å². The topological polar surface area (TPSA) is 77.0 Å². The van der Waals surface area contributed by atoms with Gasteiger partial charge in [0.1, 0.15) is 0 Å². The number of benzene rings is 2. The third kappa shape index (κ3) is 1.98. The molecule has 0 atom stereocenters. The highest BCUT2D eigenvalue weighted by atomic mass is 16.4. The van der Waals surface area contributed by atoms with Gasteiger partial charge in [0.25, 0.3) is 0 Å². The van der Waals surface area contributed by atoms with Crippen molar-refractivity contribution in [2.24, 2.45) is 0 Å². The molecular formula is C13H12N4O. The van der Waals surface area contributed by atoms with Gasteiger partial charge in [0.15, 0.2) is 0 Å².